The lowest BCUT2D eigenvalue weighted by atomic mass is 10.1. The summed E-state index contributed by atoms with van der Waals surface area (Å²) in [5, 5.41) is 9.66. The maximum Gasteiger partial charge on any atom is 0.272 e. The zero-order chi connectivity index (χ0) is 28.5. The van der Waals surface area contributed by atoms with E-state index in [0.717, 1.165) is 4.90 Å². The number of thioether (sulfide) groups is 1. The quantitative estimate of drug-likeness (QED) is 0.133. The van der Waals surface area contributed by atoms with Crippen LogP contribution in [-0.4, -0.2) is 23.5 Å². The fraction of sp³-hybridized carbons (Fsp3) is 0.0333. The second kappa shape index (κ2) is 14.1. The van der Waals surface area contributed by atoms with E-state index in [9.17, 15) is 14.4 Å². The van der Waals surface area contributed by atoms with Crippen molar-refractivity contribution in [2.45, 2.75) is 4.90 Å². The van der Waals surface area contributed by atoms with Crippen molar-refractivity contribution in [3.63, 3.8) is 0 Å². The normalized spacial score (nSPS) is 11.0. The first-order valence-electron chi connectivity index (χ1n) is 11.9. The van der Waals surface area contributed by atoms with Gasteiger partial charge in [-0.05, 0) is 78.4 Å². The lowest BCUT2D eigenvalue weighted by Gasteiger charge is -2.12. The van der Waals surface area contributed by atoms with Crippen molar-refractivity contribution < 1.29 is 14.4 Å². The summed E-state index contributed by atoms with van der Waals surface area (Å²) in [5.74, 6) is -1.01. The standard InChI is InChI=1S/C30H22Cl3N3O3S/c31-21-8-6-19(7-9-21)16-27(36-29(38)20-4-2-1-3-5-20)30(39)34-23-11-13-24(14-12-23)40-18-28(37)35-26-17-22(32)10-15-25(26)33/h1-17H,18H2,(H,34,39)(H,35,37)(H,36,38)/b27-16-. The van der Waals surface area contributed by atoms with Crippen molar-refractivity contribution in [2.24, 2.45) is 0 Å². The molecule has 0 spiro atoms. The molecule has 0 bridgehead atoms. The van der Waals surface area contributed by atoms with Crippen LogP contribution in [0.3, 0.4) is 0 Å². The Kier molecular flexibility index (Phi) is 10.3. The van der Waals surface area contributed by atoms with Crippen LogP contribution in [0.25, 0.3) is 6.08 Å². The summed E-state index contributed by atoms with van der Waals surface area (Å²) in [7, 11) is 0. The largest absolute Gasteiger partial charge is 0.324 e. The number of halogens is 3. The van der Waals surface area contributed by atoms with E-state index in [1.165, 1.54) is 11.8 Å². The van der Waals surface area contributed by atoms with Crippen molar-refractivity contribution in [1.82, 2.24) is 5.32 Å². The molecular weight excluding hydrogens is 589 g/mol. The molecular formula is C30H22Cl3N3O3S. The molecule has 0 atom stereocenters. The van der Waals surface area contributed by atoms with E-state index >= 15 is 0 Å². The molecule has 0 aliphatic heterocycles. The summed E-state index contributed by atoms with van der Waals surface area (Å²) in [6, 6.07) is 27.3. The van der Waals surface area contributed by atoms with Crippen molar-refractivity contribution >= 4 is 81.7 Å². The van der Waals surface area contributed by atoms with Gasteiger partial charge in [-0.15, -0.1) is 11.8 Å². The number of rotatable bonds is 9. The van der Waals surface area contributed by atoms with Gasteiger partial charge in [0.1, 0.15) is 5.70 Å². The van der Waals surface area contributed by atoms with Crippen LogP contribution in [0.1, 0.15) is 15.9 Å². The highest BCUT2D eigenvalue weighted by atomic mass is 35.5. The van der Waals surface area contributed by atoms with Crippen LogP contribution in [0, 0.1) is 0 Å². The Hall–Kier alpha value is -3.75. The van der Waals surface area contributed by atoms with Gasteiger partial charge in [0.15, 0.2) is 0 Å². The number of carbonyl (C=O) groups is 3. The van der Waals surface area contributed by atoms with Crippen molar-refractivity contribution in [2.75, 3.05) is 16.4 Å². The summed E-state index contributed by atoms with van der Waals surface area (Å²) >= 11 is 19.4. The third kappa shape index (κ3) is 8.63. The van der Waals surface area contributed by atoms with Crippen molar-refractivity contribution in [1.29, 1.82) is 0 Å². The summed E-state index contributed by atoms with van der Waals surface area (Å²) in [5.41, 5.74) is 2.12. The zero-order valence-electron chi connectivity index (χ0n) is 20.8. The van der Waals surface area contributed by atoms with Gasteiger partial charge in [0.05, 0.1) is 16.5 Å². The van der Waals surface area contributed by atoms with Crippen LogP contribution < -0.4 is 16.0 Å². The summed E-state index contributed by atoms with van der Waals surface area (Å²) < 4.78 is 0. The van der Waals surface area contributed by atoms with Gasteiger partial charge in [0.25, 0.3) is 11.8 Å². The molecule has 0 radical (unpaired) electrons. The molecule has 3 N–H and O–H groups in total. The molecule has 4 rings (SSSR count). The van der Waals surface area contributed by atoms with Crippen molar-refractivity contribution in [3.8, 4) is 0 Å². The SMILES string of the molecule is O=C(CSc1ccc(NC(=O)/C(=C/c2ccc(Cl)cc2)NC(=O)c2ccccc2)cc1)Nc1cc(Cl)ccc1Cl. The third-order valence-corrected chi connectivity index (χ3v) is 7.22. The fourth-order valence-corrected chi connectivity index (χ4v) is 4.59. The van der Waals surface area contributed by atoms with Crippen LogP contribution in [-0.2, 0) is 9.59 Å². The van der Waals surface area contributed by atoms with E-state index in [1.807, 2.05) is 0 Å². The van der Waals surface area contributed by atoms with E-state index < -0.39 is 11.8 Å². The Morgan fingerprint density at radius 2 is 1.43 bits per heavy atom. The smallest absolute Gasteiger partial charge is 0.272 e. The topological polar surface area (TPSA) is 87.3 Å². The molecule has 0 aliphatic carbocycles. The number of nitrogens with one attached hydrogen (secondary N) is 3. The Balaban J connectivity index is 1.40. The molecule has 6 nitrogen and oxygen atoms in total. The lowest BCUT2D eigenvalue weighted by molar-refractivity contribution is -0.114. The van der Waals surface area contributed by atoms with Crippen LogP contribution in [0.5, 0.6) is 0 Å². The number of amides is 3. The van der Waals surface area contributed by atoms with Crippen molar-refractivity contribution in [3.05, 3.63) is 129 Å². The number of hydrogen-bond acceptors (Lipinski definition) is 4. The molecule has 0 unspecified atom stereocenters. The molecule has 0 aliphatic rings. The first kappa shape index (κ1) is 29.2. The molecule has 202 valence electrons. The Morgan fingerprint density at radius 1 is 0.750 bits per heavy atom. The highest BCUT2D eigenvalue weighted by molar-refractivity contribution is 8.00. The van der Waals surface area contributed by atoms with Gasteiger partial charge < -0.3 is 16.0 Å². The zero-order valence-corrected chi connectivity index (χ0v) is 23.9. The second-order valence-corrected chi connectivity index (χ2v) is 10.7. The van der Waals surface area contributed by atoms with Gasteiger partial charge in [-0.2, -0.15) is 0 Å². The minimum atomic E-state index is -0.502. The molecule has 0 aromatic heterocycles. The van der Waals surface area contributed by atoms with Gasteiger partial charge in [0.2, 0.25) is 5.91 Å². The second-order valence-electron chi connectivity index (χ2n) is 8.37. The Bertz CT molecular complexity index is 1540. The van der Waals surface area contributed by atoms with Gasteiger partial charge in [-0.1, -0.05) is 65.1 Å². The van der Waals surface area contributed by atoms with E-state index in [-0.39, 0.29) is 17.4 Å². The number of carbonyl (C=O) groups excluding carboxylic acids is 3. The molecule has 40 heavy (non-hydrogen) atoms. The summed E-state index contributed by atoms with van der Waals surface area (Å²) in [6.07, 6.45) is 1.57. The third-order valence-electron chi connectivity index (χ3n) is 5.39. The van der Waals surface area contributed by atoms with Crippen LogP contribution in [0.4, 0.5) is 11.4 Å². The van der Waals surface area contributed by atoms with E-state index in [4.69, 9.17) is 34.8 Å². The molecule has 0 saturated heterocycles. The van der Waals surface area contributed by atoms with Gasteiger partial charge in [-0.25, -0.2) is 0 Å². The van der Waals surface area contributed by atoms with Gasteiger partial charge >= 0.3 is 0 Å². The van der Waals surface area contributed by atoms with Crippen LogP contribution >= 0.6 is 46.6 Å². The molecule has 10 heteroatoms. The molecule has 4 aromatic rings. The molecule has 3 amide bonds. The predicted molar refractivity (Wildman–Crippen MR) is 164 cm³/mol. The molecule has 0 heterocycles. The van der Waals surface area contributed by atoms with Crippen LogP contribution in [0.2, 0.25) is 15.1 Å². The summed E-state index contributed by atoms with van der Waals surface area (Å²) in [6.45, 7) is 0. The highest BCUT2D eigenvalue weighted by Crippen LogP contribution is 2.26. The summed E-state index contributed by atoms with van der Waals surface area (Å²) in [4.78, 5) is 39.1. The van der Waals surface area contributed by atoms with Gasteiger partial charge in [-0.3, -0.25) is 14.4 Å². The molecule has 0 saturated carbocycles. The van der Waals surface area contributed by atoms with Gasteiger partial charge in [0, 0.05) is 26.2 Å². The Morgan fingerprint density at radius 3 is 2.12 bits per heavy atom. The van der Waals surface area contributed by atoms with E-state index in [2.05, 4.69) is 16.0 Å². The maximum absolute atomic E-state index is 13.2. The minimum Gasteiger partial charge on any atom is -0.324 e. The van der Waals surface area contributed by atoms with E-state index in [0.29, 0.717) is 37.6 Å². The number of benzene rings is 4. The first-order chi connectivity index (χ1) is 19.3. The fourth-order valence-electron chi connectivity index (χ4n) is 3.43. The maximum atomic E-state index is 13.2. The minimum absolute atomic E-state index is 0.0611. The number of anilines is 2. The predicted octanol–water partition coefficient (Wildman–Crippen LogP) is 7.79. The highest BCUT2D eigenvalue weighted by Gasteiger charge is 2.15. The Labute approximate surface area is 250 Å². The average Bonchev–Trinajstić information content (AvgIpc) is 2.96. The first-order valence-corrected chi connectivity index (χ1v) is 14.0. The van der Waals surface area contributed by atoms with Crippen LogP contribution in [0.15, 0.2) is 108 Å². The molecule has 4 aromatic carbocycles. The molecule has 0 fully saturated rings. The monoisotopic (exact) mass is 609 g/mol. The lowest BCUT2D eigenvalue weighted by Crippen LogP contribution is -2.30. The number of hydrogen-bond donors (Lipinski definition) is 3. The average molecular weight is 611 g/mol. The van der Waals surface area contributed by atoms with E-state index in [1.54, 1.807) is 103 Å².